The molecule has 1 aromatic carbocycles. The van der Waals surface area contributed by atoms with E-state index in [9.17, 15) is 4.79 Å². The number of aromatic nitrogens is 1. The Morgan fingerprint density at radius 2 is 2.29 bits per heavy atom. The zero-order chi connectivity index (χ0) is 16.9. The van der Waals surface area contributed by atoms with E-state index in [0.717, 1.165) is 17.7 Å². The van der Waals surface area contributed by atoms with Crippen LogP contribution in [0.2, 0.25) is 0 Å². The summed E-state index contributed by atoms with van der Waals surface area (Å²) in [6.45, 7) is 3.63. The van der Waals surface area contributed by atoms with Gasteiger partial charge in [0.15, 0.2) is 23.2 Å². The smallest absolute Gasteiger partial charge is 0.264 e. The van der Waals surface area contributed by atoms with Crippen LogP contribution in [-0.2, 0) is 11.2 Å². The minimum atomic E-state index is -0.232. The minimum Gasteiger partial charge on any atom is -0.493 e. The normalized spacial score (nSPS) is 13.4. The third kappa shape index (κ3) is 4.14. The lowest BCUT2D eigenvalue weighted by molar-refractivity contribution is -0.118. The Kier molecular flexibility index (Phi) is 5.15. The zero-order valence-corrected chi connectivity index (χ0v) is 14.4. The second-order valence-electron chi connectivity index (χ2n) is 5.67. The average molecular weight is 344 g/mol. The van der Waals surface area contributed by atoms with Crippen LogP contribution in [0.25, 0.3) is 0 Å². The number of hydrogen-bond acceptors (Lipinski definition) is 5. The van der Waals surface area contributed by atoms with E-state index < -0.39 is 0 Å². The molecule has 24 heavy (non-hydrogen) atoms. The molecule has 0 bridgehead atoms. The third-order valence-electron chi connectivity index (χ3n) is 3.73. The summed E-state index contributed by atoms with van der Waals surface area (Å²) >= 11 is 1.45. The number of benzene rings is 1. The van der Waals surface area contributed by atoms with Crippen molar-refractivity contribution in [3.63, 3.8) is 0 Å². The summed E-state index contributed by atoms with van der Waals surface area (Å²) in [6.07, 6.45) is 4.97. The van der Waals surface area contributed by atoms with Crippen molar-refractivity contribution >= 4 is 22.4 Å². The van der Waals surface area contributed by atoms with Crippen LogP contribution in [0, 0.1) is 0 Å². The second-order valence-corrected chi connectivity index (χ2v) is 6.52. The number of hydrogen-bond donors (Lipinski definition) is 1. The average Bonchev–Trinajstić information content (AvgIpc) is 3.34. The summed E-state index contributed by atoms with van der Waals surface area (Å²) in [4.78, 5) is 16.5. The van der Waals surface area contributed by atoms with E-state index >= 15 is 0 Å². The summed E-state index contributed by atoms with van der Waals surface area (Å²) in [5.74, 6) is 1.50. The summed E-state index contributed by atoms with van der Waals surface area (Å²) < 4.78 is 10.9. The Balaban J connectivity index is 1.55. The molecule has 5 nitrogen and oxygen atoms in total. The van der Waals surface area contributed by atoms with E-state index in [4.69, 9.17) is 9.47 Å². The lowest BCUT2D eigenvalue weighted by atomic mass is 10.1. The van der Waals surface area contributed by atoms with E-state index in [0.29, 0.717) is 22.5 Å². The van der Waals surface area contributed by atoms with Gasteiger partial charge in [-0.15, -0.1) is 17.9 Å². The molecule has 0 saturated heterocycles. The van der Waals surface area contributed by atoms with Crippen molar-refractivity contribution in [1.82, 2.24) is 4.98 Å². The summed E-state index contributed by atoms with van der Waals surface area (Å²) in [5.41, 5.74) is 2.16. The molecule has 0 unspecified atom stereocenters. The molecule has 1 amide bonds. The van der Waals surface area contributed by atoms with Gasteiger partial charge in [0.1, 0.15) is 0 Å². The van der Waals surface area contributed by atoms with Crippen LogP contribution < -0.4 is 14.8 Å². The van der Waals surface area contributed by atoms with Crippen LogP contribution in [0.1, 0.15) is 30.0 Å². The van der Waals surface area contributed by atoms with E-state index in [1.54, 1.807) is 13.2 Å². The predicted molar refractivity (Wildman–Crippen MR) is 95.1 cm³/mol. The molecular weight excluding hydrogens is 324 g/mol. The molecule has 0 radical (unpaired) electrons. The number of amides is 1. The van der Waals surface area contributed by atoms with Crippen LogP contribution in [0.15, 0.2) is 36.2 Å². The molecule has 1 aliphatic carbocycles. The van der Waals surface area contributed by atoms with Gasteiger partial charge in [0.2, 0.25) is 0 Å². The SMILES string of the molecule is C=CCc1ccc(OCC(=O)Nc2nc(C3CC3)cs2)c(OC)c1. The fourth-order valence-electron chi connectivity index (χ4n) is 2.33. The number of carbonyl (C=O) groups excluding carboxylic acids is 1. The first-order valence-corrected chi connectivity index (χ1v) is 8.73. The maximum Gasteiger partial charge on any atom is 0.264 e. The number of methoxy groups -OCH3 is 1. The Morgan fingerprint density at radius 3 is 3.00 bits per heavy atom. The van der Waals surface area contributed by atoms with Crippen LogP contribution >= 0.6 is 11.3 Å². The molecular formula is C18H20N2O3S. The first-order valence-electron chi connectivity index (χ1n) is 7.85. The van der Waals surface area contributed by atoms with Gasteiger partial charge in [-0.3, -0.25) is 10.1 Å². The van der Waals surface area contributed by atoms with E-state index in [1.165, 1.54) is 24.2 Å². The van der Waals surface area contributed by atoms with Gasteiger partial charge in [0.05, 0.1) is 12.8 Å². The van der Waals surface area contributed by atoms with Crippen molar-refractivity contribution in [1.29, 1.82) is 0 Å². The second kappa shape index (κ2) is 7.49. The molecule has 1 aliphatic rings. The highest BCUT2D eigenvalue weighted by Gasteiger charge is 2.26. The van der Waals surface area contributed by atoms with Gasteiger partial charge in [0.25, 0.3) is 5.91 Å². The van der Waals surface area contributed by atoms with Gasteiger partial charge in [-0.05, 0) is 37.0 Å². The van der Waals surface area contributed by atoms with Crippen LogP contribution in [0.5, 0.6) is 11.5 Å². The molecule has 1 N–H and O–H groups in total. The Morgan fingerprint density at radius 1 is 1.46 bits per heavy atom. The summed E-state index contributed by atoms with van der Waals surface area (Å²) in [7, 11) is 1.58. The van der Waals surface area contributed by atoms with Crippen LogP contribution in [-0.4, -0.2) is 24.6 Å². The van der Waals surface area contributed by atoms with Gasteiger partial charge in [-0.2, -0.15) is 0 Å². The van der Waals surface area contributed by atoms with Gasteiger partial charge < -0.3 is 9.47 Å². The molecule has 0 aliphatic heterocycles. The molecule has 1 fully saturated rings. The highest BCUT2D eigenvalue weighted by molar-refractivity contribution is 7.13. The first-order chi connectivity index (χ1) is 11.7. The molecule has 1 aromatic heterocycles. The largest absolute Gasteiger partial charge is 0.493 e. The highest BCUT2D eigenvalue weighted by atomic mass is 32.1. The molecule has 6 heteroatoms. The third-order valence-corrected chi connectivity index (χ3v) is 4.51. The first kappa shape index (κ1) is 16.5. The highest BCUT2D eigenvalue weighted by Crippen LogP contribution is 2.40. The summed E-state index contributed by atoms with van der Waals surface area (Å²) in [6, 6.07) is 5.62. The van der Waals surface area contributed by atoms with Gasteiger partial charge >= 0.3 is 0 Å². The molecule has 0 atom stereocenters. The van der Waals surface area contributed by atoms with Crippen molar-refractivity contribution < 1.29 is 14.3 Å². The van der Waals surface area contributed by atoms with Crippen LogP contribution in [0.3, 0.4) is 0 Å². The van der Waals surface area contributed by atoms with Crippen molar-refractivity contribution in [2.45, 2.75) is 25.2 Å². The van der Waals surface area contributed by atoms with Crippen molar-refractivity contribution in [2.24, 2.45) is 0 Å². The van der Waals surface area contributed by atoms with E-state index in [1.807, 2.05) is 23.6 Å². The molecule has 2 aromatic rings. The number of allylic oxidation sites excluding steroid dienone is 1. The molecule has 3 rings (SSSR count). The summed E-state index contributed by atoms with van der Waals surface area (Å²) in [5, 5.41) is 5.41. The van der Waals surface area contributed by atoms with Crippen LogP contribution in [0.4, 0.5) is 5.13 Å². The van der Waals surface area contributed by atoms with Crippen molar-refractivity contribution in [2.75, 3.05) is 19.0 Å². The predicted octanol–water partition coefficient (Wildman–Crippen LogP) is 3.78. The quantitative estimate of drug-likeness (QED) is 0.741. The molecule has 126 valence electrons. The number of nitrogens with zero attached hydrogens (tertiary/aromatic N) is 1. The number of anilines is 1. The number of thiazole rings is 1. The number of ether oxygens (including phenoxy) is 2. The lowest BCUT2D eigenvalue weighted by Crippen LogP contribution is -2.20. The van der Waals surface area contributed by atoms with Gasteiger partial charge in [-0.25, -0.2) is 4.98 Å². The van der Waals surface area contributed by atoms with Gasteiger partial charge in [-0.1, -0.05) is 12.1 Å². The fourth-order valence-corrected chi connectivity index (χ4v) is 3.14. The molecule has 1 saturated carbocycles. The topological polar surface area (TPSA) is 60.5 Å². The Labute approximate surface area is 145 Å². The maximum atomic E-state index is 12.0. The monoisotopic (exact) mass is 344 g/mol. The maximum absolute atomic E-state index is 12.0. The number of carbonyl (C=O) groups is 1. The molecule has 0 spiro atoms. The molecule has 1 heterocycles. The Bertz CT molecular complexity index is 738. The van der Waals surface area contributed by atoms with Gasteiger partial charge in [0, 0.05) is 11.3 Å². The lowest BCUT2D eigenvalue weighted by Gasteiger charge is -2.11. The van der Waals surface area contributed by atoms with E-state index in [-0.39, 0.29) is 12.5 Å². The number of nitrogens with one attached hydrogen (secondary N) is 1. The number of rotatable bonds is 8. The van der Waals surface area contributed by atoms with Crippen molar-refractivity contribution in [3.05, 3.63) is 47.5 Å². The zero-order valence-electron chi connectivity index (χ0n) is 13.6. The van der Waals surface area contributed by atoms with Crippen molar-refractivity contribution in [3.8, 4) is 11.5 Å². The van der Waals surface area contributed by atoms with E-state index in [2.05, 4.69) is 16.9 Å². The minimum absolute atomic E-state index is 0.0878. The fraction of sp³-hybridized carbons (Fsp3) is 0.333. The standard InChI is InChI=1S/C18H20N2O3S/c1-3-4-12-5-8-15(16(9-12)22-2)23-10-17(21)20-18-19-14(11-24-18)13-6-7-13/h3,5,8-9,11,13H,1,4,6-7,10H2,2H3,(H,19,20,21). The Hall–Kier alpha value is -2.34.